The largest absolute Gasteiger partial charge is 0.351 e. The van der Waals surface area contributed by atoms with Crippen LogP contribution in [0.3, 0.4) is 0 Å². The lowest BCUT2D eigenvalue weighted by molar-refractivity contribution is -0.385. The highest BCUT2D eigenvalue weighted by Gasteiger charge is 2.18. The first kappa shape index (κ1) is 14.1. The Morgan fingerprint density at radius 1 is 1.28 bits per heavy atom. The normalized spacial score (nSPS) is 10.1. The van der Waals surface area contributed by atoms with Crippen LogP contribution in [-0.2, 0) is 0 Å². The van der Waals surface area contributed by atoms with Gasteiger partial charge in [-0.05, 0) is 19.0 Å². The lowest BCUT2D eigenvalue weighted by Gasteiger charge is -2.06. The molecule has 0 saturated carbocycles. The van der Waals surface area contributed by atoms with Gasteiger partial charge in [-0.1, -0.05) is 19.1 Å². The summed E-state index contributed by atoms with van der Waals surface area (Å²) in [6.07, 6.45) is 1.03. The van der Waals surface area contributed by atoms with Crippen LogP contribution >= 0.6 is 0 Å². The second kappa shape index (κ2) is 7.39. The molecule has 0 bridgehead atoms. The molecule has 18 heavy (non-hydrogen) atoms. The van der Waals surface area contributed by atoms with Crippen LogP contribution < -0.4 is 10.6 Å². The summed E-state index contributed by atoms with van der Waals surface area (Å²) in [5, 5.41) is 16.5. The summed E-state index contributed by atoms with van der Waals surface area (Å²) >= 11 is 0. The van der Waals surface area contributed by atoms with Gasteiger partial charge in [0.15, 0.2) is 0 Å². The van der Waals surface area contributed by atoms with E-state index in [1.807, 2.05) is 0 Å². The van der Waals surface area contributed by atoms with E-state index < -0.39 is 10.8 Å². The molecule has 0 unspecified atom stereocenters. The number of nitro benzene ring substituents is 1. The smallest absolute Gasteiger partial charge is 0.282 e. The second-order valence-electron chi connectivity index (χ2n) is 3.78. The number of benzene rings is 1. The molecule has 0 heterocycles. The second-order valence-corrected chi connectivity index (χ2v) is 3.78. The van der Waals surface area contributed by atoms with Crippen molar-refractivity contribution in [2.75, 3.05) is 19.6 Å². The average Bonchev–Trinajstić information content (AvgIpc) is 2.38. The minimum Gasteiger partial charge on any atom is -0.351 e. The van der Waals surface area contributed by atoms with Crippen molar-refractivity contribution in [3.63, 3.8) is 0 Å². The van der Waals surface area contributed by atoms with E-state index in [1.54, 1.807) is 6.07 Å². The quantitative estimate of drug-likeness (QED) is 0.435. The van der Waals surface area contributed by atoms with Crippen molar-refractivity contribution >= 4 is 11.6 Å². The monoisotopic (exact) mass is 251 g/mol. The molecule has 6 nitrogen and oxygen atoms in total. The highest BCUT2D eigenvalue weighted by atomic mass is 16.6. The summed E-state index contributed by atoms with van der Waals surface area (Å²) in [5.74, 6) is -0.416. The first-order valence-electron chi connectivity index (χ1n) is 5.89. The predicted octanol–water partition coefficient (Wildman–Crippen LogP) is 1.32. The van der Waals surface area contributed by atoms with E-state index >= 15 is 0 Å². The zero-order valence-corrected chi connectivity index (χ0v) is 10.3. The fourth-order valence-electron chi connectivity index (χ4n) is 1.49. The van der Waals surface area contributed by atoms with Crippen molar-refractivity contribution in [2.24, 2.45) is 0 Å². The lowest BCUT2D eigenvalue weighted by Crippen LogP contribution is -2.32. The van der Waals surface area contributed by atoms with Crippen molar-refractivity contribution in [3.05, 3.63) is 39.9 Å². The third-order valence-electron chi connectivity index (χ3n) is 2.36. The molecule has 6 heteroatoms. The standard InChI is InChI=1S/C12H17N3O3/c1-2-7-13-8-9-14-12(16)10-5-3-4-6-11(10)15(17)18/h3-6,13H,2,7-9H2,1H3,(H,14,16). The Hall–Kier alpha value is -1.95. The van der Waals surface area contributed by atoms with Gasteiger partial charge in [-0.15, -0.1) is 0 Å². The summed E-state index contributed by atoms with van der Waals surface area (Å²) in [5.41, 5.74) is -0.0745. The topological polar surface area (TPSA) is 84.3 Å². The summed E-state index contributed by atoms with van der Waals surface area (Å²) in [7, 11) is 0. The Morgan fingerprint density at radius 2 is 2.00 bits per heavy atom. The van der Waals surface area contributed by atoms with Crippen LogP contribution in [0.4, 0.5) is 5.69 Å². The number of para-hydroxylation sites is 1. The fourth-order valence-corrected chi connectivity index (χ4v) is 1.49. The molecule has 0 atom stereocenters. The molecule has 1 amide bonds. The van der Waals surface area contributed by atoms with Crippen LogP contribution in [0.15, 0.2) is 24.3 Å². The van der Waals surface area contributed by atoms with Gasteiger partial charge in [0.1, 0.15) is 5.56 Å². The molecule has 0 radical (unpaired) electrons. The minimum atomic E-state index is -0.551. The van der Waals surface area contributed by atoms with E-state index in [0.717, 1.165) is 13.0 Å². The Bertz CT molecular complexity index is 421. The van der Waals surface area contributed by atoms with Crippen LogP contribution in [0.2, 0.25) is 0 Å². The van der Waals surface area contributed by atoms with Gasteiger partial charge in [0, 0.05) is 19.2 Å². The summed E-state index contributed by atoms with van der Waals surface area (Å²) in [6, 6.07) is 5.92. The highest BCUT2D eigenvalue weighted by molar-refractivity contribution is 5.98. The van der Waals surface area contributed by atoms with Gasteiger partial charge in [0.25, 0.3) is 11.6 Å². The van der Waals surface area contributed by atoms with Crippen LogP contribution in [0.5, 0.6) is 0 Å². The van der Waals surface area contributed by atoms with Crippen LogP contribution in [0.25, 0.3) is 0 Å². The molecule has 0 spiro atoms. The van der Waals surface area contributed by atoms with Crippen molar-refractivity contribution in [2.45, 2.75) is 13.3 Å². The molecule has 1 rings (SSSR count). The molecule has 0 saturated heterocycles. The Kier molecular flexibility index (Phi) is 5.79. The third-order valence-corrected chi connectivity index (χ3v) is 2.36. The Labute approximate surface area is 106 Å². The summed E-state index contributed by atoms with van der Waals surface area (Å²) < 4.78 is 0. The Morgan fingerprint density at radius 3 is 2.67 bits per heavy atom. The number of hydrogen-bond acceptors (Lipinski definition) is 4. The van der Waals surface area contributed by atoms with Gasteiger partial charge in [0.2, 0.25) is 0 Å². The maximum absolute atomic E-state index is 11.8. The first-order chi connectivity index (χ1) is 8.66. The number of nitrogens with zero attached hydrogens (tertiary/aromatic N) is 1. The minimum absolute atomic E-state index is 0.0954. The maximum atomic E-state index is 11.8. The van der Waals surface area contributed by atoms with Crippen molar-refractivity contribution in [1.82, 2.24) is 10.6 Å². The number of carbonyl (C=O) groups is 1. The number of carbonyl (C=O) groups excluding carboxylic acids is 1. The van der Waals surface area contributed by atoms with Crippen molar-refractivity contribution in [1.29, 1.82) is 0 Å². The molecule has 98 valence electrons. The number of nitro groups is 1. The van der Waals surface area contributed by atoms with Gasteiger partial charge in [-0.2, -0.15) is 0 Å². The van der Waals surface area contributed by atoms with Crippen LogP contribution in [0, 0.1) is 10.1 Å². The number of nitrogens with one attached hydrogen (secondary N) is 2. The zero-order chi connectivity index (χ0) is 13.4. The zero-order valence-electron chi connectivity index (χ0n) is 10.3. The number of hydrogen-bond donors (Lipinski definition) is 2. The SMILES string of the molecule is CCCNCCNC(=O)c1ccccc1[N+](=O)[O-]. The molecule has 0 aliphatic heterocycles. The van der Waals surface area contributed by atoms with Crippen molar-refractivity contribution < 1.29 is 9.72 Å². The van der Waals surface area contributed by atoms with E-state index in [2.05, 4.69) is 17.6 Å². The van der Waals surface area contributed by atoms with E-state index in [-0.39, 0.29) is 11.3 Å². The predicted molar refractivity (Wildman–Crippen MR) is 68.6 cm³/mol. The van der Waals surface area contributed by atoms with Crippen molar-refractivity contribution in [3.8, 4) is 0 Å². The van der Waals surface area contributed by atoms with Gasteiger partial charge < -0.3 is 10.6 Å². The van der Waals surface area contributed by atoms with E-state index in [9.17, 15) is 14.9 Å². The highest BCUT2D eigenvalue weighted by Crippen LogP contribution is 2.16. The van der Waals surface area contributed by atoms with E-state index in [0.29, 0.717) is 13.1 Å². The average molecular weight is 251 g/mol. The fraction of sp³-hybridized carbons (Fsp3) is 0.417. The van der Waals surface area contributed by atoms with E-state index in [4.69, 9.17) is 0 Å². The molecular formula is C12H17N3O3. The molecule has 0 aliphatic carbocycles. The van der Waals surface area contributed by atoms with Gasteiger partial charge in [-0.25, -0.2) is 0 Å². The number of rotatable bonds is 7. The number of amides is 1. The molecular weight excluding hydrogens is 234 g/mol. The van der Waals surface area contributed by atoms with Crippen LogP contribution in [-0.4, -0.2) is 30.5 Å². The molecule has 1 aromatic rings. The van der Waals surface area contributed by atoms with Gasteiger partial charge in [-0.3, -0.25) is 14.9 Å². The molecule has 2 N–H and O–H groups in total. The third kappa shape index (κ3) is 4.14. The summed E-state index contributed by atoms with van der Waals surface area (Å²) in [6.45, 7) is 4.05. The molecule has 0 aromatic heterocycles. The van der Waals surface area contributed by atoms with Crippen LogP contribution in [0.1, 0.15) is 23.7 Å². The summed E-state index contributed by atoms with van der Waals surface area (Å²) in [4.78, 5) is 22.0. The first-order valence-corrected chi connectivity index (χ1v) is 5.89. The van der Waals surface area contributed by atoms with Gasteiger partial charge in [0.05, 0.1) is 4.92 Å². The molecule has 0 fully saturated rings. The molecule has 0 aliphatic rings. The van der Waals surface area contributed by atoms with E-state index in [1.165, 1.54) is 18.2 Å². The maximum Gasteiger partial charge on any atom is 0.282 e. The lowest BCUT2D eigenvalue weighted by atomic mass is 10.1. The van der Waals surface area contributed by atoms with Gasteiger partial charge >= 0.3 is 0 Å². The molecule has 1 aromatic carbocycles. The Balaban J connectivity index is 2.54.